The van der Waals surface area contributed by atoms with Crippen molar-refractivity contribution in [2.24, 2.45) is 0 Å². The van der Waals surface area contributed by atoms with E-state index in [4.69, 9.17) is 9.84 Å². The van der Waals surface area contributed by atoms with Crippen molar-refractivity contribution < 1.29 is 49.2 Å². The summed E-state index contributed by atoms with van der Waals surface area (Å²) in [5, 5.41) is 9.01. The summed E-state index contributed by atoms with van der Waals surface area (Å²) in [6.45, 7) is 6.46. The molecule has 0 aliphatic carbocycles. The first-order valence-electron chi connectivity index (χ1n) is 6.59. The SMILES string of the molecule is CC(C)(C)OC(=O)N1CCc2ccc(C(=O)O)cc2C1.O.[Li+].[OH-]. The van der Waals surface area contributed by atoms with Crippen LogP contribution in [0.4, 0.5) is 4.79 Å². The molecule has 1 amide bonds. The minimum atomic E-state index is -0.956. The molecular weight excluding hydrogens is 297 g/mol. The van der Waals surface area contributed by atoms with Crippen LogP contribution in [-0.2, 0) is 17.7 Å². The van der Waals surface area contributed by atoms with Gasteiger partial charge in [0.25, 0.3) is 0 Å². The Labute approximate surface area is 147 Å². The van der Waals surface area contributed by atoms with E-state index in [9.17, 15) is 9.59 Å². The van der Waals surface area contributed by atoms with Gasteiger partial charge in [-0.25, -0.2) is 9.59 Å². The van der Waals surface area contributed by atoms with Gasteiger partial charge in [-0.05, 0) is 50.5 Å². The molecule has 0 aromatic heterocycles. The molecular formula is C15H22LiNO6. The number of hydrogen-bond donors (Lipinski definition) is 1. The van der Waals surface area contributed by atoms with Crippen LogP contribution in [0.5, 0.6) is 0 Å². The maximum Gasteiger partial charge on any atom is 1.00 e. The van der Waals surface area contributed by atoms with Gasteiger partial charge in [0.05, 0.1) is 5.56 Å². The quantitative estimate of drug-likeness (QED) is 0.642. The third-order valence-electron chi connectivity index (χ3n) is 3.12. The molecule has 1 aliphatic heterocycles. The number of carbonyl (C=O) groups is 2. The van der Waals surface area contributed by atoms with E-state index < -0.39 is 11.6 Å². The fourth-order valence-electron chi connectivity index (χ4n) is 2.17. The minimum absolute atomic E-state index is 0. The van der Waals surface area contributed by atoms with Gasteiger partial charge in [0.1, 0.15) is 5.60 Å². The van der Waals surface area contributed by atoms with Crippen LogP contribution in [0.15, 0.2) is 18.2 Å². The number of carboxylic acids is 1. The predicted molar refractivity (Wildman–Crippen MR) is 79.3 cm³/mol. The van der Waals surface area contributed by atoms with Crippen LogP contribution >= 0.6 is 0 Å². The molecule has 2 rings (SSSR count). The van der Waals surface area contributed by atoms with Crippen LogP contribution in [0.1, 0.15) is 42.3 Å². The number of carboxylic acid groups (broad SMARTS) is 1. The van der Waals surface area contributed by atoms with E-state index >= 15 is 0 Å². The van der Waals surface area contributed by atoms with Crippen molar-refractivity contribution >= 4 is 12.1 Å². The smallest absolute Gasteiger partial charge is 0.870 e. The molecule has 7 nitrogen and oxygen atoms in total. The Bertz CT molecular complexity index is 555. The molecule has 8 heteroatoms. The molecule has 0 saturated heterocycles. The van der Waals surface area contributed by atoms with E-state index in [0.717, 1.165) is 11.1 Å². The van der Waals surface area contributed by atoms with Crippen LogP contribution in [0.25, 0.3) is 0 Å². The average molecular weight is 319 g/mol. The Balaban J connectivity index is 0. The number of fused-ring (bicyclic) bond motifs is 1. The molecule has 4 N–H and O–H groups in total. The molecule has 23 heavy (non-hydrogen) atoms. The molecule has 1 heterocycles. The molecule has 1 aliphatic rings. The molecule has 1 aromatic carbocycles. The summed E-state index contributed by atoms with van der Waals surface area (Å²) < 4.78 is 5.34. The second-order valence-corrected chi connectivity index (χ2v) is 5.94. The normalized spacial score (nSPS) is 12.7. The zero-order valence-electron chi connectivity index (χ0n) is 13.9. The number of nitrogens with zero attached hydrogens (tertiary/aromatic N) is 1. The largest absolute Gasteiger partial charge is 1.00 e. The van der Waals surface area contributed by atoms with Gasteiger partial charge in [-0.1, -0.05) is 6.07 Å². The van der Waals surface area contributed by atoms with Crippen molar-refractivity contribution in [2.45, 2.75) is 39.3 Å². The number of hydrogen-bond acceptors (Lipinski definition) is 4. The summed E-state index contributed by atoms with van der Waals surface area (Å²) in [4.78, 5) is 24.6. The van der Waals surface area contributed by atoms with Crippen molar-refractivity contribution in [3.05, 3.63) is 34.9 Å². The molecule has 0 unspecified atom stereocenters. The molecule has 0 atom stereocenters. The molecule has 0 bridgehead atoms. The number of benzene rings is 1. The summed E-state index contributed by atoms with van der Waals surface area (Å²) in [6, 6.07) is 5.06. The first-order chi connectivity index (χ1) is 9.26. The van der Waals surface area contributed by atoms with Crippen LogP contribution in [-0.4, -0.2) is 45.2 Å². The third kappa shape index (κ3) is 6.24. The summed E-state index contributed by atoms with van der Waals surface area (Å²) >= 11 is 0. The van der Waals surface area contributed by atoms with Crippen LogP contribution in [0.3, 0.4) is 0 Å². The predicted octanol–water partition coefficient (Wildman–Crippen LogP) is -1.32. The van der Waals surface area contributed by atoms with Crippen molar-refractivity contribution in [1.82, 2.24) is 4.90 Å². The fourth-order valence-corrected chi connectivity index (χ4v) is 2.17. The van der Waals surface area contributed by atoms with Gasteiger partial charge in [0, 0.05) is 13.1 Å². The standard InChI is InChI=1S/C15H19NO4.Li.2H2O/c1-15(2,3)20-14(19)16-7-6-10-4-5-11(13(17)18)8-12(10)9-16;;;/h4-5,8H,6-7,9H2,1-3H3,(H,17,18);;2*1H2/q;+1;;/p-1. The molecule has 124 valence electrons. The number of carbonyl (C=O) groups excluding carboxylic acids is 1. The van der Waals surface area contributed by atoms with Gasteiger partial charge in [0.2, 0.25) is 0 Å². The number of aromatic carboxylic acids is 1. The Hall–Kier alpha value is -1.52. The van der Waals surface area contributed by atoms with Crippen molar-refractivity contribution in [1.29, 1.82) is 0 Å². The zero-order chi connectivity index (χ0) is 14.9. The molecule has 0 spiro atoms. The van der Waals surface area contributed by atoms with Gasteiger partial charge in [-0.15, -0.1) is 0 Å². The van der Waals surface area contributed by atoms with Gasteiger partial charge in [0.15, 0.2) is 0 Å². The average Bonchev–Trinajstić information content (AvgIpc) is 2.35. The summed E-state index contributed by atoms with van der Waals surface area (Å²) in [5.41, 5.74) is 1.69. The van der Waals surface area contributed by atoms with E-state index in [1.807, 2.05) is 26.8 Å². The zero-order valence-corrected chi connectivity index (χ0v) is 13.9. The van der Waals surface area contributed by atoms with Gasteiger partial charge >= 0.3 is 30.9 Å². The first kappa shape index (κ1) is 23.7. The second-order valence-electron chi connectivity index (χ2n) is 5.94. The molecule has 0 fully saturated rings. The van der Waals surface area contributed by atoms with E-state index in [2.05, 4.69) is 0 Å². The monoisotopic (exact) mass is 319 g/mol. The molecule has 0 saturated carbocycles. The maximum atomic E-state index is 12.0. The Morgan fingerprint density at radius 3 is 2.35 bits per heavy atom. The summed E-state index contributed by atoms with van der Waals surface area (Å²) in [5.74, 6) is -0.956. The van der Waals surface area contributed by atoms with E-state index in [1.54, 1.807) is 17.0 Å². The number of amides is 1. The first-order valence-corrected chi connectivity index (χ1v) is 6.59. The van der Waals surface area contributed by atoms with E-state index in [0.29, 0.717) is 19.5 Å². The third-order valence-corrected chi connectivity index (χ3v) is 3.12. The maximum absolute atomic E-state index is 12.0. The van der Waals surface area contributed by atoms with Crippen LogP contribution in [0, 0.1) is 0 Å². The Kier molecular flexibility index (Phi) is 9.23. The van der Waals surface area contributed by atoms with Crippen molar-refractivity contribution in [3.8, 4) is 0 Å². The molecule has 0 radical (unpaired) electrons. The van der Waals surface area contributed by atoms with Gasteiger partial charge < -0.3 is 25.7 Å². The number of rotatable bonds is 1. The topological polar surface area (TPSA) is 128 Å². The van der Waals surface area contributed by atoms with Crippen LogP contribution < -0.4 is 18.9 Å². The summed E-state index contributed by atoms with van der Waals surface area (Å²) in [6.07, 6.45) is 0.359. The van der Waals surface area contributed by atoms with Crippen LogP contribution in [0.2, 0.25) is 0 Å². The van der Waals surface area contributed by atoms with E-state index in [1.165, 1.54) is 0 Å². The van der Waals surface area contributed by atoms with Crippen molar-refractivity contribution in [2.75, 3.05) is 6.54 Å². The second kappa shape index (κ2) is 8.94. The Morgan fingerprint density at radius 1 is 1.22 bits per heavy atom. The van der Waals surface area contributed by atoms with Gasteiger partial charge in [-0.3, -0.25) is 0 Å². The minimum Gasteiger partial charge on any atom is -0.870 e. The summed E-state index contributed by atoms with van der Waals surface area (Å²) in [7, 11) is 0. The number of ether oxygens (including phenoxy) is 1. The Morgan fingerprint density at radius 2 is 1.83 bits per heavy atom. The van der Waals surface area contributed by atoms with Crippen molar-refractivity contribution in [3.63, 3.8) is 0 Å². The van der Waals surface area contributed by atoms with E-state index in [-0.39, 0.29) is 41.5 Å². The fraction of sp³-hybridized carbons (Fsp3) is 0.467. The van der Waals surface area contributed by atoms with Gasteiger partial charge in [-0.2, -0.15) is 0 Å². The molecule has 1 aromatic rings.